The van der Waals surface area contributed by atoms with Crippen LogP contribution in [0.3, 0.4) is 0 Å². The maximum atomic E-state index is 13.4. The first-order valence-electron chi connectivity index (χ1n) is 10.6. The van der Waals surface area contributed by atoms with E-state index in [1.807, 2.05) is 66.9 Å². The lowest BCUT2D eigenvalue weighted by Crippen LogP contribution is -2.26. The van der Waals surface area contributed by atoms with Crippen molar-refractivity contribution < 1.29 is 12.8 Å². The summed E-state index contributed by atoms with van der Waals surface area (Å²) in [5.41, 5.74) is 3.12. The van der Waals surface area contributed by atoms with Crippen LogP contribution in [0.2, 0.25) is 0 Å². The summed E-state index contributed by atoms with van der Waals surface area (Å²) in [6.45, 7) is 0.126. The van der Waals surface area contributed by atoms with Crippen molar-refractivity contribution in [3.63, 3.8) is 0 Å². The van der Waals surface area contributed by atoms with Crippen LogP contribution in [-0.4, -0.2) is 29.6 Å². The molecule has 5 rings (SSSR count). The molecule has 0 N–H and O–H groups in total. The van der Waals surface area contributed by atoms with Crippen molar-refractivity contribution in [2.45, 2.75) is 11.4 Å². The molecule has 0 atom stereocenters. The van der Waals surface area contributed by atoms with E-state index < -0.39 is 15.6 Å². The van der Waals surface area contributed by atoms with Gasteiger partial charge in [-0.1, -0.05) is 48.5 Å². The largest absolute Gasteiger partial charge is 0.423 e. The summed E-state index contributed by atoms with van der Waals surface area (Å²) >= 11 is 0. The van der Waals surface area contributed by atoms with Crippen molar-refractivity contribution in [1.82, 2.24) is 14.1 Å². The van der Waals surface area contributed by atoms with Gasteiger partial charge in [-0.05, 0) is 36.4 Å². The molecule has 0 saturated heterocycles. The molecule has 170 valence electrons. The Kier molecular flexibility index (Phi) is 5.61. The number of sulfonamides is 1. The number of rotatable bonds is 6. The molecule has 0 fully saturated rings. The van der Waals surface area contributed by atoms with Gasteiger partial charge in [0, 0.05) is 42.4 Å². The highest BCUT2D eigenvalue weighted by Crippen LogP contribution is 2.27. The lowest BCUT2D eigenvalue weighted by Gasteiger charge is -2.17. The SMILES string of the molecule is CN(Cc1cn(-c2ccccc2)nc1-c1ccccc1)S(=O)(=O)c1ccc2oc(=O)ccc2c1. The number of nitrogens with zero attached hydrogens (tertiary/aromatic N) is 3. The summed E-state index contributed by atoms with van der Waals surface area (Å²) in [6.07, 6.45) is 1.86. The highest BCUT2D eigenvalue weighted by molar-refractivity contribution is 7.89. The van der Waals surface area contributed by atoms with Gasteiger partial charge >= 0.3 is 5.63 Å². The van der Waals surface area contributed by atoms with Crippen molar-refractivity contribution in [3.05, 3.63) is 113 Å². The van der Waals surface area contributed by atoms with Gasteiger partial charge in [-0.15, -0.1) is 0 Å². The summed E-state index contributed by atoms with van der Waals surface area (Å²) in [6, 6.07) is 26.6. The topological polar surface area (TPSA) is 85.4 Å². The monoisotopic (exact) mass is 471 g/mol. The van der Waals surface area contributed by atoms with E-state index in [2.05, 4.69) is 0 Å². The minimum absolute atomic E-state index is 0.119. The maximum absolute atomic E-state index is 13.4. The van der Waals surface area contributed by atoms with E-state index in [0.717, 1.165) is 16.8 Å². The fraction of sp³-hybridized carbons (Fsp3) is 0.0769. The van der Waals surface area contributed by atoms with Gasteiger partial charge in [0.15, 0.2) is 0 Å². The first kappa shape index (κ1) is 21.8. The molecule has 0 unspecified atom stereocenters. The van der Waals surface area contributed by atoms with Crippen LogP contribution in [0.1, 0.15) is 5.56 Å². The zero-order valence-electron chi connectivity index (χ0n) is 18.3. The Labute approximate surface area is 196 Å². The van der Waals surface area contributed by atoms with Crippen LogP contribution in [-0.2, 0) is 16.6 Å². The van der Waals surface area contributed by atoms with Gasteiger partial charge in [0.1, 0.15) is 5.58 Å². The van der Waals surface area contributed by atoms with Crippen molar-refractivity contribution in [2.24, 2.45) is 0 Å². The smallest absolute Gasteiger partial charge is 0.336 e. The summed E-state index contributed by atoms with van der Waals surface area (Å²) in [4.78, 5) is 11.5. The molecule has 7 nitrogen and oxygen atoms in total. The molecule has 3 aromatic carbocycles. The summed E-state index contributed by atoms with van der Waals surface area (Å²) < 4.78 is 34.9. The molecule has 0 amide bonds. The van der Waals surface area contributed by atoms with E-state index in [9.17, 15) is 13.2 Å². The van der Waals surface area contributed by atoms with Crippen molar-refractivity contribution in [2.75, 3.05) is 7.05 Å². The maximum Gasteiger partial charge on any atom is 0.336 e. The first-order valence-corrected chi connectivity index (χ1v) is 12.1. The van der Waals surface area contributed by atoms with Crippen LogP contribution in [0.25, 0.3) is 27.9 Å². The lowest BCUT2D eigenvalue weighted by molar-refractivity contribution is 0.467. The van der Waals surface area contributed by atoms with E-state index in [1.54, 1.807) is 17.8 Å². The van der Waals surface area contributed by atoms with Crippen LogP contribution in [0.5, 0.6) is 0 Å². The van der Waals surface area contributed by atoms with E-state index in [1.165, 1.54) is 28.6 Å². The van der Waals surface area contributed by atoms with Crippen LogP contribution in [0.4, 0.5) is 0 Å². The molecule has 0 saturated carbocycles. The second-order valence-corrected chi connectivity index (χ2v) is 9.91. The number of hydrogen-bond acceptors (Lipinski definition) is 5. The van der Waals surface area contributed by atoms with Crippen LogP contribution < -0.4 is 5.63 Å². The van der Waals surface area contributed by atoms with Crippen molar-refractivity contribution in [3.8, 4) is 16.9 Å². The van der Waals surface area contributed by atoms with Crippen LogP contribution >= 0.6 is 0 Å². The molecule has 2 aromatic heterocycles. The normalized spacial score (nSPS) is 11.8. The molecule has 0 radical (unpaired) electrons. The Morgan fingerprint density at radius 3 is 2.35 bits per heavy atom. The third kappa shape index (κ3) is 4.16. The average molecular weight is 472 g/mol. The third-order valence-electron chi connectivity index (χ3n) is 5.55. The predicted molar refractivity (Wildman–Crippen MR) is 130 cm³/mol. The standard InChI is InChI=1S/C26H21N3O4S/c1-28(34(31,32)23-13-14-24-20(16-23)12-15-25(30)33-24)17-21-18-29(22-10-6-3-7-11-22)27-26(21)19-8-4-2-5-9-19/h2-16,18H,17H2,1H3. The molecular formula is C26H21N3O4S. The predicted octanol–water partition coefficient (Wildman–Crippen LogP) is 4.47. The molecule has 34 heavy (non-hydrogen) atoms. The molecule has 2 heterocycles. The second-order valence-electron chi connectivity index (χ2n) is 7.86. The number of fused-ring (bicyclic) bond motifs is 1. The Morgan fingerprint density at radius 2 is 1.62 bits per heavy atom. The van der Waals surface area contributed by atoms with Gasteiger partial charge < -0.3 is 4.42 Å². The summed E-state index contributed by atoms with van der Waals surface area (Å²) in [5.74, 6) is 0. The van der Waals surface area contributed by atoms with Crippen LogP contribution in [0, 0.1) is 0 Å². The Hall–Kier alpha value is -4.01. The Bertz CT molecular complexity index is 1630. The Morgan fingerprint density at radius 1 is 0.912 bits per heavy atom. The van der Waals surface area contributed by atoms with E-state index in [-0.39, 0.29) is 11.4 Å². The van der Waals surface area contributed by atoms with E-state index in [0.29, 0.717) is 16.7 Å². The zero-order valence-corrected chi connectivity index (χ0v) is 19.1. The molecule has 8 heteroatoms. The molecule has 0 spiro atoms. The van der Waals surface area contributed by atoms with Crippen LogP contribution in [0.15, 0.2) is 111 Å². The fourth-order valence-electron chi connectivity index (χ4n) is 3.79. The van der Waals surface area contributed by atoms with Gasteiger partial charge in [-0.2, -0.15) is 9.40 Å². The number of hydrogen-bond donors (Lipinski definition) is 0. The zero-order chi connectivity index (χ0) is 23.7. The number of benzene rings is 3. The van der Waals surface area contributed by atoms with E-state index >= 15 is 0 Å². The molecule has 0 aliphatic heterocycles. The molecular weight excluding hydrogens is 450 g/mol. The quantitative estimate of drug-likeness (QED) is 0.341. The number of para-hydroxylation sites is 1. The molecule has 0 aliphatic rings. The molecule has 5 aromatic rings. The van der Waals surface area contributed by atoms with Gasteiger partial charge in [-0.25, -0.2) is 17.9 Å². The molecule has 0 aliphatic carbocycles. The highest BCUT2D eigenvalue weighted by Gasteiger charge is 2.24. The van der Waals surface area contributed by atoms with Gasteiger partial charge in [-0.3, -0.25) is 0 Å². The second kappa shape index (κ2) is 8.74. The first-order chi connectivity index (χ1) is 16.4. The average Bonchev–Trinajstić information content (AvgIpc) is 3.28. The lowest BCUT2D eigenvalue weighted by atomic mass is 10.1. The van der Waals surface area contributed by atoms with Gasteiger partial charge in [0.25, 0.3) is 0 Å². The Balaban J connectivity index is 1.52. The third-order valence-corrected chi connectivity index (χ3v) is 7.35. The minimum Gasteiger partial charge on any atom is -0.423 e. The molecule has 0 bridgehead atoms. The van der Waals surface area contributed by atoms with Crippen molar-refractivity contribution in [1.29, 1.82) is 0 Å². The van der Waals surface area contributed by atoms with Crippen molar-refractivity contribution >= 4 is 21.0 Å². The van der Waals surface area contributed by atoms with Gasteiger partial charge in [0.2, 0.25) is 10.0 Å². The summed E-state index contributed by atoms with van der Waals surface area (Å²) in [5, 5.41) is 5.30. The number of aromatic nitrogens is 2. The summed E-state index contributed by atoms with van der Waals surface area (Å²) in [7, 11) is -2.28. The van der Waals surface area contributed by atoms with E-state index in [4.69, 9.17) is 9.52 Å². The highest BCUT2D eigenvalue weighted by atomic mass is 32.2. The van der Waals surface area contributed by atoms with Gasteiger partial charge in [0.05, 0.1) is 16.3 Å². The minimum atomic E-state index is -3.82. The fourth-order valence-corrected chi connectivity index (χ4v) is 4.98.